The van der Waals surface area contributed by atoms with Crippen molar-refractivity contribution in [2.24, 2.45) is 0 Å². The monoisotopic (exact) mass is 212 g/mol. The quantitative estimate of drug-likeness (QED) is 0.659. The van der Waals surface area contributed by atoms with Crippen LogP contribution in [0.15, 0.2) is 30.3 Å². The van der Waals surface area contributed by atoms with Crippen molar-refractivity contribution in [3.05, 3.63) is 36.0 Å². The normalized spacial score (nSPS) is 22.9. The van der Waals surface area contributed by atoms with Crippen LogP contribution in [0.4, 0.5) is 4.79 Å². The van der Waals surface area contributed by atoms with E-state index in [2.05, 4.69) is 12.1 Å². The van der Waals surface area contributed by atoms with Crippen LogP contribution in [-0.4, -0.2) is 22.0 Å². The third-order valence-corrected chi connectivity index (χ3v) is 3.77. The first-order valence-corrected chi connectivity index (χ1v) is 5.77. The van der Waals surface area contributed by atoms with Gasteiger partial charge in [0.15, 0.2) is 0 Å². The molecule has 1 fully saturated rings. The lowest BCUT2D eigenvalue weighted by atomic mass is 10.1. The number of carbonyl (C=O) groups is 1. The molecular formula is C13H12N2O. The van der Waals surface area contributed by atoms with Gasteiger partial charge in [-0.15, -0.1) is 0 Å². The number of hydrogen-bond donors (Lipinski definition) is 0. The molecule has 4 rings (SSSR count). The number of para-hydroxylation sites is 1. The van der Waals surface area contributed by atoms with Gasteiger partial charge < -0.3 is 4.90 Å². The van der Waals surface area contributed by atoms with Crippen LogP contribution in [-0.2, 0) is 0 Å². The van der Waals surface area contributed by atoms with Gasteiger partial charge in [-0.1, -0.05) is 18.2 Å². The lowest BCUT2D eigenvalue weighted by molar-refractivity contribution is 0.210. The van der Waals surface area contributed by atoms with Crippen molar-refractivity contribution < 1.29 is 4.79 Å². The van der Waals surface area contributed by atoms with Gasteiger partial charge in [0, 0.05) is 11.9 Å². The average Bonchev–Trinajstić information content (AvgIpc) is 2.95. The molecule has 1 amide bonds. The summed E-state index contributed by atoms with van der Waals surface area (Å²) in [6, 6.07) is 10.8. The average molecular weight is 212 g/mol. The maximum atomic E-state index is 12.2. The predicted molar refractivity (Wildman–Crippen MR) is 61.4 cm³/mol. The Labute approximate surface area is 93.3 Å². The van der Waals surface area contributed by atoms with Crippen molar-refractivity contribution in [3.63, 3.8) is 0 Å². The summed E-state index contributed by atoms with van der Waals surface area (Å²) in [5.74, 6) is 0. The molecular weight excluding hydrogens is 200 g/mol. The van der Waals surface area contributed by atoms with Crippen LogP contribution in [0.25, 0.3) is 10.9 Å². The molecule has 1 aromatic heterocycles. The molecule has 0 spiro atoms. The summed E-state index contributed by atoms with van der Waals surface area (Å²) in [4.78, 5) is 14.2. The summed E-state index contributed by atoms with van der Waals surface area (Å²) in [6.45, 7) is 0.916. The number of aromatic nitrogens is 1. The first-order chi connectivity index (χ1) is 7.86. The van der Waals surface area contributed by atoms with E-state index in [-0.39, 0.29) is 6.03 Å². The first-order valence-electron chi connectivity index (χ1n) is 5.77. The van der Waals surface area contributed by atoms with Gasteiger partial charge in [0.2, 0.25) is 0 Å². The highest BCUT2D eigenvalue weighted by molar-refractivity contribution is 5.95. The summed E-state index contributed by atoms with van der Waals surface area (Å²) in [6.07, 6.45) is 2.25. The van der Waals surface area contributed by atoms with Gasteiger partial charge >= 0.3 is 6.03 Å². The Kier molecular flexibility index (Phi) is 1.40. The van der Waals surface area contributed by atoms with Gasteiger partial charge in [-0.05, 0) is 25.0 Å². The van der Waals surface area contributed by atoms with E-state index in [9.17, 15) is 4.79 Å². The fourth-order valence-corrected chi connectivity index (χ4v) is 3.07. The Bertz CT molecular complexity index is 599. The molecule has 2 aromatic rings. The predicted octanol–water partition coefficient (Wildman–Crippen LogP) is 2.76. The summed E-state index contributed by atoms with van der Waals surface area (Å²) in [7, 11) is 0. The fraction of sp³-hybridized carbons (Fsp3) is 0.308. The maximum Gasteiger partial charge on any atom is 0.329 e. The molecule has 3 nitrogen and oxygen atoms in total. The highest BCUT2D eigenvalue weighted by Gasteiger charge is 2.40. The van der Waals surface area contributed by atoms with E-state index in [4.69, 9.17) is 0 Å². The van der Waals surface area contributed by atoms with E-state index in [0.29, 0.717) is 6.04 Å². The van der Waals surface area contributed by atoms with E-state index in [0.717, 1.165) is 24.9 Å². The fourth-order valence-electron chi connectivity index (χ4n) is 3.07. The zero-order valence-electron chi connectivity index (χ0n) is 8.89. The van der Waals surface area contributed by atoms with Gasteiger partial charge in [0.1, 0.15) is 0 Å². The minimum absolute atomic E-state index is 0.165. The molecule has 1 atom stereocenters. The Hall–Kier alpha value is -1.77. The van der Waals surface area contributed by atoms with Gasteiger partial charge in [-0.25, -0.2) is 4.79 Å². The zero-order chi connectivity index (χ0) is 10.7. The number of fused-ring (bicyclic) bond motifs is 5. The topological polar surface area (TPSA) is 25.2 Å². The molecule has 2 aliphatic rings. The number of amides is 1. The van der Waals surface area contributed by atoms with Crippen LogP contribution in [0, 0.1) is 0 Å². The van der Waals surface area contributed by atoms with E-state index < -0.39 is 0 Å². The van der Waals surface area contributed by atoms with Crippen LogP contribution < -0.4 is 0 Å². The van der Waals surface area contributed by atoms with Crippen LogP contribution >= 0.6 is 0 Å². The minimum Gasteiger partial charge on any atom is -0.316 e. The van der Waals surface area contributed by atoms with Crippen LogP contribution in [0.1, 0.15) is 24.6 Å². The van der Waals surface area contributed by atoms with E-state index in [1.54, 1.807) is 0 Å². The van der Waals surface area contributed by atoms with Gasteiger partial charge in [0.25, 0.3) is 0 Å². The first kappa shape index (κ1) is 8.39. The standard InChI is InChI=1S/C13H12N2O/c16-13-14-7-3-6-11(14)12-8-9-4-1-2-5-10(9)15(12)13/h1-2,4-5,8,11H,3,6-7H2. The highest BCUT2D eigenvalue weighted by atomic mass is 16.2. The summed E-state index contributed by atoms with van der Waals surface area (Å²) < 4.78 is 1.89. The molecule has 1 aromatic carbocycles. The number of hydrogen-bond acceptors (Lipinski definition) is 1. The zero-order valence-corrected chi connectivity index (χ0v) is 8.89. The Morgan fingerprint density at radius 1 is 1.25 bits per heavy atom. The van der Waals surface area contributed by atoms with Crippen LogP contribution in [0.2, 0.25) is 0 Å². The molecule has 16 heavy (non-hydrogen) atoms. The van der Waals surface area contributed by atoms with Crippen molar-refractivity contribution in [1.82, 2.24) is 9.47 Å². The third-order valence-electron chi connectivity index (χ3n) is 3.77. The summed E-state index contributed by atoms with van der Waals surface area (Å²) in [5, 5.41) is 1.18. The lowest BCUT2D eigenvalue weighted by Gasteiger charge is -2.13. The second kappa shape index (κ2) is 2.67. The van der Waals surface area contributed by atoms with Crippen molar-refractivity contribution in [3.8, 4) is 0 Å². The third kappa shape index (κ3) is 0.825. The minimum atomic E-state index is 0.165. The number of rotatable bonds is 0. The molecule has 0 radical (unpaired) electrons. The molecule has 3 heterocycles. The smallest absolute Gasteiger partial charge is 0.316 e. The second-order valence-corrected chi connectivity index (χ2v) is 4.60. The molecule has 0 aliphatic carbocycles. The van der Waals surface area contributed by atoms with Crippen molar-refractivity contribution >= 4 is 16.9 Å². The Morgan fingerprint density at radius 2 is 2.12 bits per heavy atom. The second-order valence-electron chi connectivity index (χ2n) is 4.60. The maximum absolute atomic E-state index is 12.2. The molecule has 0 N–H and O–H groups in total. The number of nitrogens with zero attached hydrogens (tertiary/aromatic N) is 2. The lowest BCUT2D eigenvalue weighted by Crippen LogP contribution is -2.25. The Balaban J connectivity index is 2.06. The number of benzene rings is 1. The number of carbonyl (C=O) groups excluding carboxylic acids is 1. The van der Waals surface area contributed by atoms with Gasteiger partial charge in [0.05, 0.1) is 17.3 Å². The van der Waals surface area contributed by atoms with Crippen LogP contribution in [0.5, 0.6) is 0 Å². The highest BCUT2D eigenvalue weighted by Crippen LogP contribution is 2.40. The van der Waals surface area contributed by atoms with E-state index in [1.807, 2.05) is 27.7 Å². The summed E-state index contributed by atoms with van der Waals surface area (Å²) in [5.41, 5.74) is 2.24. The largest absolute Gasteiger partial charge is 0.329 e. The van der Waals surface area contributed by atoms with Gasteiger partial charge in [-0.3, -0.25) is 4.57 Å². The molecule has 2 aliphatic heterocycles. The summed E-state index contributed by atoms with van der Waals surface area (Å²) >= 11 is 0. The van der Waals surface area contributed by atoms with E-state index >= 15 is 0 Å². The Morgan fingerprint density at radius 3 is 3.06 bits per heavy atom. The van der Waals surface area contributed by atoms with E-state index in [1.165, 1.54) is 11.1 Å². The molecule has 1 unspecified atom stereocenters. The van der Waals surface area contributed by atoms with Crippen molar-refractivity contribution in [2.45, 2.75) is 18.9 Å². The van der Waals surface area contributed by atoms with Crippen molar-refractivity contribution in [2.75, 3.05) is 6.54 Å². The van der Waals surface area contributed by atoms with Crippen molar-refractivity contribution in [1.29, 1.82) is 0 Å². The molecule has 0 saturated carbocycles. The molecule has 3 heteroatoms. The van der Waals surface area contributed by atoms with Gasteiger partial charge in [-0.2, -0.15) is 0 Å². The molecule has 80 valence electrons. The van der Waals surface area contributed by atoms with Crippen LogP contribution in [0.3, 0.4) is 0 Å². The molecule has 1 saturated heterocycles. The molecule has 0 bridgehead atoms. The SMILES string of the molecule is O=C1N2CCCC2c2cc3ccccc3n21.